The largest absolute Gasteiger partial charge is 0.292 e. The van der Waals surface area contributed by atoms with Gasteiger partial charge in [0.25, 0.3) is 0 Å². The first-order valence-corrected chi connectivity index (χ1v) is 11.6. The zero-order valence-electron chi connectivity index (χ0n) is 15.5. The molecule has 150 valence electrons. The maximum Gasteiger partial charge on any atom is 0.241 e. The Morgan fingerprint density at radius 1 is 0.931 bits per heavy atom. The van der Waals surface area contributed by atoms with E-state index < -0.39 is 21.4 Å². The molecular weight excluding hydrogens is 474 g/mol. The topological polar surface area (TPSA) is 63.2 Å². The van der Waals surface area contributed by atoms with Gasteiger partial charge in [-0.25, -0.2) is 13.1 Å². The van der Waals surface area contributed by atoms with Gasteiger partial charge in [0.1, 0.15) is 5.38 Å². The molecule has 0 fully saturated rings. The highest BCUT2D eigenvalue weighted by Crippen LogP contribution is 2.27. The number of ketones is 1. The van der Waals surface area contributed by atoms with Crippen molar-refractivity contribution in [1.29, 1.82) is 0 Å². The van der Waals surface area contributed by atoms with Crippen LogP contribution in [0.15, 0.2) is 88.2 Å². The maximum atomic E-state index is 13.0. The van der Waals surface area contributed by atoms with Gasteiger partial charge in [-0.1, -0.05) is 76.1 Å². The Balaban J connectivity index is 1.95. The first-order chi connectivity index (χ1) is 13.8. The Labute approximate surface area is 184 Å². The van der Waals surface area contributed by atoms with Crippen molar-refractivity contribution in [3.8, 4) is 0 Å². The van der Waals surface area contributed by atoms with E-state index in [-0.39, 0.29) is 10.7 Å². The molecule has 7 heteroatoms. The van der Waals surface area contributed by atoms with Crippen molar-refractivity contribution >= 4 is 43.3 Å². The van der Waals surface area contributed by atoms with Crippen LogP contribution in [0.5, 0.6) is 0 Å². The molecule has 29 heavy (non-hydrogen) atoms. The SMILES string of the molecule is Cc1ccc(S(=O)(=O)N[C@H](c2ccccc2)[C@@H](Cl)C(=O)c2ccc(Br)cc2)cc1. The van der Waals surface area contributed by atoms with Crippen LogP contribution in [0.25, 0.3) is 0 Å². The second kappa shape index (κ2) is 9.22. The van der Waals surface area contributed by atoms with E-state index in [1.807, 2.05) is 13.0 Å². The first-order valence-electron chi connectivity index (χ1n) is 8.86. The van der Waals surface area contributed by atoms with Gasteiger partial charge in [-0.05, 0) is 36.8 Å². The number of hydrogen-bond donors (Lipinski definition) is 1. The lowest BCUT2D eigenvalue weighted by atomic mass is 9.98. The third kappa shape index (κ3) is 5.34. The van der Waals surface area contributed by atoms with Crippen LogP contribution in [-0.2, 0) is 10.0 Å². The standard InChI is InChI=1S/C22H19BrClNO3S/c1-15-7-13-19(14-8-15)29(27,28)25-21(16-5-3-2-4-6-16)20(24)22(26)17-9-11-18(23)12-10-17/h2-14,20-21,25H,1H3/t20-,21-/m1/s1. The minimum Gasteiger partial charge on any atom is -0.292 e. The summed E-state index contributed by atoms with van der Waals surface area (Å²) in [6.45, 7) is 1.88. The van der Waals surface area contributed by atoms with Crippen LogP contribution in [0.2, 0.25) is 0 Å². The minimum absolute atomic E-state index is 0.115. The third-order valence-corrected chi connectivity index (χ3v) is 6.88. The molecule has 0 aliphatic rings. The summed E-state index contributed by atoms with van der Waals surface area (Å²) in [6.07, 6.45) is 0. The predicted molar refractivity (Wildman–Crippen MR) is 119 cm³/mol. The summed E-state index contributed by atoms with van der Waals surface area (Å²) in [5.74, 6) is -0.361. The molecular formula is C22H19BrClNO3S. The van der Waals surface area contributed by atoms with E-state index in [4.69, 9.17) is 11.6 Å². The van der Waals surface area contributed by atoms with Crippen LogP contribution in [0, 0.1) is 6.92 Å². The molecule has 0 aliphatic heterocycles. The number of alkyl halides is 1. The van der Waals surface area contributed by atoms with Crippen molar-refractivity contribution in [2.24, 2.45) is 0 Å². The van der Waals surface area contributed by atoms with Crippen molar-refractivity contribution < 1.29 is 13.2 Å². The van der Waals surface area contributed by atoms with E-state index in [0.29, 0.717) is 11.1 Å². The summed E-state index contributed by atoms with van der Waals surface area (Å²) in [5, 5.41) is -1.13. The number of sulfonamides is 1. The molecule has 4 nitrogen and oxygen atoms in total. The molecule has 0 bridgehead atoms. The zero-order valence-corrected chi connectivity index (χ0v) is 18.7. The molecule has 0 amide bonds. The fourth-order valence-corrected chi connectivity index (χ4v) is 4.74. The molecule has 0 aliphatic carbocycles. The zero-order chi connectivity index (χ0) is 21.0. The quantitative estimate of drug-likeness (QED) is 0.361. The van der Waals surface area contributed by atoms with Crippen molar-refractivity contribution in [2.75, 3.05) is 0 Å². The van der Waals surface area contributed by atoms with Crippen LogP contribution in [-0.4, -0.2) is 19.6 Å². The molecule has 0 heterocycles. The van der Waals surface area contributed by atoms with E-state index >= 15 is 0 Å². The smallest absolute Gasteiger partial charge is 0.241 e. The van der Waals surface area contributed by atoms with Gasteiger partial charge < -0.3 is 0 Å². The number of hydrogen-bond acceptors (Lipinski definition) is 3. The van der Waals surface area contributed by atoms with Crippen LogP contribution in [0.3, 0.4) is 0 Å². The summed E-state index contributed by atoms with van der Waals surface area (Å²) in [5.41, 5.74) is 1.96. The van der Waals surface area contributed by atoms with Gasteiger partial charge in [0.05, 0.1) is 10.9 Å². The average molecular weight is 493 g/mol. The number of halogens is 2. The maximum absolute atomic E-state index is 13.0. The second-order valence-corrected chi connectivity index (χ2v) is 9.70. The fourth-order valence-electron chi connectivity index (χ4n) is 2.83. The molecule has 3 aromatic carbocycles. The van der Waals surface area contributed by atoms with Crippen LogP contribution >= 0.6 is 27.5 Å². The van der Waals surface area contributed by atoms with Gasteiger partial charge in [-0.3, -0.25) is 4.79 Å². The monoisotopic (exact) mass is 491 g/mol. The first kappa shape index (κ1) is 21.7. The summed E-state index contributed by atoms with van der Waals surface area (Å²) in [7, 11) is -3.89. The third-order valence-electron chi connectivity index (χ3n) is 4.44. The number of aryl methyl sites for hydroxylation is 1. The van der Waals surface area contributed by atoms with Crippen molar-refractivity contribution in [2.45, 2.75) is 23.2 Å². The second-order valence-electron chi connectivity index (χ2n) is 6.60. The Morgan fingerprint density at radius 2 is 1.52 bits per heavy atom. The predicted octanol–water partition coefficient (Wildman–Crippen LogP) is 5.27. The molecule has 0 saturated heterocycles. The molecule has 3 aromatic rings. The molecule has 0 saturated carbocycles. The summed E-state index contributed by atoms with van der Waals surface area (Å²) in [4.78, 5) is 13.1. The molecule has 3 rings (SSSR count). The Morgan fingerprint density at radius 3 is 2.10 bits per heavy atom. The summed E-state index contributed by atoms with van der Waals surface area (Å²) >= 11 is 9.87. The van der Waals surface area contributed by atoms with Gasteiger partial charge in [0.2, 0.25) is 10.0 Å². The van der Waals surface area contributed by atoms with Gasteiger partial charge in [0, 0.05) is 10.0 Å². The van der Waals surface area contributed by atoms with E-state index in [9.17, 15) is 13.2 Å². The average Bonchev–Trinajstić information content (AvgIpc) is 2.72. The molecule has 0 radical (unpaired) electrons. The lowest BCUT2D eigenvalue weighted by Gasteiger charge is -2.23. The van der Waals surface area contributed by atoms with E-state index in [0.717, 1.165) is 10.0 Å². The van der Waals surface area contributed by atoms with E-state index in [2.05, 4.69) is 20.7 Å². The number of carbonyl (C=O) groups is 1. The Kier molecular flexibility index (Phi) is 6.90. The highest BCUT2D eigenvalue weighted by atomic mass is 79.9. The van der Waals surface area contributed by atoms with Crippen LogP contribution in [0.4, 0.5) is 0 Å². The molecule has 2 atom stereocenters. The van der Waals surface area contributed by atoms with Gasteiger partial charge in [-0.2, -0.15) is 0 Å². The normalized spacial score (nSPS) is 13.6. The molecule has 1 N–H and O–H groups in total. The van der Waals surface area contributed by atoms with Gasteiger partial charge in [-0.15, -0.1) is 11.6 Å². The van der Waals surface area contributed by atoms with Crippen LogP contribution in [0.1, 0.15) is 27.5 Å². The highest BCUT2D eigenvalue weighted by molar-refractivity contribution is 9.10. The summed E-state index contributed by atoms with van der Waals surface area (Å²) < 4.78 is 29.3. The molecule has 0 aromatic heterocycles. The lowest BCUT2D eigenvalue weighted by molar-refractivity contribution is 0.0977. The number of carbonyl (C=O) groups excluding carboxylic acids is 1. The Bertz CT molecular complexity index is 1090. The number of benzene rings is 3. The number of rotatable bonds is 7. The lowest BCUT2D eigenvalue weighted by Crippen LogP contribution is -2.37. The van der Waals surface area contributed by atoms with Crippen molar-refractivity contribution in [3.05, 3.63) is 100 Å². The molecule has 0 unspecified atom stereocenters. The Hall–Kier alpha value is -1.99. The van der Waals surface area contributed by atoms with Gasteiger partial charge in [0.15, 0.2) is 5.78 Å². The number of nitrogens with one attached hydrogen (secondary N) is 1. The fraction of sp³-hybridized carbons (Fsp3) is 0.136. The van der Waals surface area contributed by atoms with Crippen molar-refractivity contribution in [3.63, 3.8) is 0 Å². The van der Waals surface area contributed by atoms with Gasteiger partial charge >= 0.3 is 0 Å². The number of Topliss-reactive ketones (excluding diaryl/α,β-unsaturated/α-hetero) is 1. The summed E-state index contributed by atoms with van der Waals surface area (Å²) in [6, 6.07) is 21.2. The van der Waals surface area contributed by atoms with Crippen LogP contribution < -0.4 is 4.72 Å². The van der Waals surface area contributed by atoms with E-state index in [1.54, 1.807) is 60.7 Å². The minimum atomic E-state index is -3.89. The highest BCUT2D eigenvalue weighted by Gasteiger charge is 2.32. The van der Waals surface area contributed by atoms with E-state index in [1.165, 1.54) is 12.1 Å². The van der Waals surface area contributed by atoms with Crippen molar-refractivity contribution in [1.82, 2.24) is 4.72 Å². The molecule has 0 spiro atoms.